The summed E-state index contributed by atoms with van der Waals surface area (Å²) in [5.74, 6) is -0.460. The van der Waals surface area contributed by atoms with E-state index in [0.717, 1.165) is 0 Å². The molecule has 0 saturated heterocycles. The lowest BCUT2D eigenvalue weighted by atomic mass is 10.2. The number of sulfone groups is 1. The van der Waals surface area contributed by atoms with Gasteiger partial charge in [-0.1, -0.05) is 13.0 Å². The number of alkyl halides is 3. The molecule has 1 aromatic carbocycles. The van der Waals surface area contributed by atoms with E-state index in [-0.39, 0.29) is 23.0 Å². The second-order valence-corrected chi connectivity index (χ2v) is 14.9. The van der Waals surface area contributed by atoms with Crippen molar-refractivity contribution in [1.29, 1.82) is 0 Å². The van der Waals surface area contributed by atoms with E-state index in [1.807, 2.05) is 0 Å². The van der Waals surface area contributed by atoms with E-state index in [0.29, 0.717) is 6.54 Å². The number of aliphatic hydroxyl groups is 1. The highest BCUT2D eigenvalue weighted by atomic mass is 80.0. The lowest BCUT2D eigenvalue weighted by Crippen LogP contribution is -2.29. The first kappa shape index (κ1) is 19.1. The average Bonchev–Trinajstić information content (AvgIpc) is 2.43. The monoisotopic (exact) mass is 505 g/mol. The Kier molecular flexibility index (Phi) is 6.85. The number of hydrogen-bond donors (Lipinski definition) is 2. The van der Waals surface area contributed by atoms with Gasteiger partial charge in [0, 0.05) is 18.7 Å². The molecule has 1 amide bonds. The molecule has 0 saturated carbocycles. The number of carbonyl (C=O) groups excluding carboxylic acids is 1. The minimum absolute atomic E-state index is 0.00372. The third-order valence-corrected chi connectivity index (χ3v) is 7.95. The predicted molar refractivity (Wildman–Crippen MR) is 91.7 cm³/mol. The molecule has 0 radical (unpaired) electrons. The van der Waals surface area contributed by atoms with E-state index >= 15 is 0 Å². The van der Waals surface area contributed by atoms with Crippen molar-refractivity contribution in [3.05, 3.63) is 29.8 Å². The molecule has 2 N–H and O–H groups in total. The molecule has 9 heteroatoms. The molecule has 0 aliphatic carbocycles. The highest BCUT2D eigenvalue weighted by Crippen LogP contribution is 2.43. The fraction of sp³-hybridized carbons (Fsp3) is 0.417. The second-order valence-electron chi connectivity index (χ2n) is 4.47. The first-order valence-electron chi connectivity index (χ1n) is 5.90. The maximum atomic E-state index is 12.2. The Bertz CT molecular complexity index is 613. The predicted octanol–water partition coefficient (Wildman–Crippen LogP) is 2.61. The zero-order chi connectivity index (χ0) is 16.3. The summed E-state index contributed by atoms with van der Waals surface area (Å²) in [5.41, 5.74) is 0.234. The summed E-state index contributed by atoms with van der Waals surface area (Å²) in [5, 5.41) is 11.6. The molecule has 1 rings (SSSR count). The van der Waals surface area contributed by atoms with Gasteiger partial charge in [-0.05, 0) is 71.9 Å². The molecule has 0 aromatic heterocycles. The van der Waals surface area contributed by atoms with Crippen LogP contribution < -0.4 is 5.32 Å². The van der Waals surface area contributed by atoms with Crippen molar-refractivity contribution in [3.8, 4) is 0 Å². The average molecular weight is 508 g/mol. The van der Waals surface area contributed by atoms with Gasteiger partial charge in [0.1, 0.15) is 0 Å². The Morgan fingerprint density at radius 1 is 1.38 bits per heavy atom. The van der Waals surface area contributed by atoms with Crippen LogP contribution >= 0.6 is 47.8 Å². The number of nitrogens with one attached hydrogen (secondary N) is 1. The maximum Gasteiger partial charge on any atom is 0.251 e. The summed E-state index contributed by atoms with van der Waals surface area (Å²) < 4.78 is 23.0. The van der Waals surface area contributed by atoms with E-state index < -0.39 is 17.2 Å². The van der Waals surface area contributed by atoms with Crippen LogP contribution in [0.1, 0.15) is 17.3 Å². The van der Waals surface area contributed by atoms with Gasteiger partial charge in [-0.2, -0.15) is 0 Å². The van der Waals surface area contributed by atoms with Gasteiger partial charge in [0.05, 0.1) is 4.90 Å². The van der Waals surface area contributed by atoms with E-state index in [4.69, 9.17) is 5.11 Å². The minimum atomic E-state index is -3.74. The van der Waals surface area contributed by atoms with Crippen LogP contribution in [0.5, 0.6) is 0 Å². The van der Waals surface area contributed by atoms with Crippen LogP contribution in [0.15, 0.2) is 29.2 Å². The number of amides is 1. The second kappa shape index (κ2) is 7.54. The molecule has 1 unspecified atom stereocenters. The molecule has 5 nitrogen and oxygen atoms in total. The highest BCUT2D eigenvalue weighted by molar-refractivity contribution is 9.42. The Balaban J connectivity index is 2.99. The lowest BCUT2D eigenvalue weighted by Gasteiger charge is -2.14. The van der Waals surface area contributed by atoms with Gasteiger partial charge in [0.25, 0.3) is 5.91 Å². The minimum Gasteiger partial charge on any atom is -0.396 e. The fourth-order valence-corrected chi connectivity index (χ4v) is 3.86. The van der Waals surface area contributed by atoms with Crippen molar-refractivity contribution in [2.45, 2.75) is 13.3 Å². The van der Waals surface area contributed by atoms with Gasteiger partial charge in [-0.15, -0.1) is 0 Å². The first-order chi connectivity index (χ1) is 9.59. The third kappa shape index (κ3) is 5.02. The van der Waals surface area contributed by atoms with Gasteiger partial charge < -0.3 is 10.4 Å². The van der Waals surface area contributed by atoms with E-state index in [1.54, 1.807) is 6.92 Å². The Morgan fingerprint density at radius 2 is 2.00 bits per heavy atom. The SMILES string of the molecule is CC(CO)CNC(=O)c1cccc(S(=O)(=O)C(Br)(Br)Br)c1. The van der Waals surface area contributed by atoms with Crippen molar-refractivity contribution in [2.24, 2.45) is 5.92 Å². The summed E-state index contributed by atoms with van der Waals surface area (Å²) in [6.45, 7) is 2.07. The lowest BCUT2D eigenvalue weighted by molar-refractivity contribution is 0.0942. The standard InChI is InChI=1S/C12H14Br3NO4S/c1-8(7-17)6-16-11(18)9-3-2-4-10(5-9)21(19,20)12(13,14)15/h2-5,8,17H,6-7H2,1H3,(H,16,18). The van der Waals surface area contributed by atoms with Crippen LogP contribution in [-0.2, 0) is 9.84 Å². The Hall–Kier alpha value is 0.0400. The topological polar surface area (TPSA) is 83.5 Å². The van der Waals surface area contributed by atoms with Gasteiger partial charge in [-0.25, -0.2) is 8.42 Å². The molecule has 118 valence electrons. The number of aliphatic hydroxyl groups excluding tert-OH is 1. The summed E-state index contributed by atoms with van der Waals surface area (Å²) in [6, 6.07) is 5.72. The van der Waals surface area contributed by atoms with Crippen LogP contribution in [-0.4, -0.2) is 34.1 Å². The van der Waals surface area contributed by atoms with Crippen LogP contribution in [0.2, 0.25) is 0 Å². The number of halogens is 3. The Labute approximate surface area is 148 Å². The Morgan fingerprint density at radius 3 is 2.52 bits per heavy atom. The molecule has 0 fully saturated rings. The van der Waals surface area contributed by atoms with Crippen molar-refractivity contribution < 1.29 is 18.3 Å². The molecule has 1 aromatic rings. The van der Waals surface area contributed by atoms with E-state index in [9.17, 15) is 13.2 Å². The summed E-state index contributed by atoms with van der Waals surface area (Å²) in [6.07, 6.45) is 0. The normalized spacial score (nSPS) is 13.8. The van der Waals surface area contributed by atoms with Crippen LogP contribution in [0.4, 0.5) is 0 Å². The molecular weight excluding hydrogens is 494 g/mol. The molecule has 0 aliphatic heterocycles. The largest absolute Gasteiger partial charge is 0.396 e. The molecule has 0 aliphatic rings. The van der Waals surface area contributed by atoms with Crippen molar-refractivity contribution >= 4 is 63.5 Å². The number of benzene rings is 1. The summed E-state index contributed by atoms with van der Waals surface area (Å²) in [4.78, 5) is 12.0. The molecular formula is C12H14Br3NO4S. The van der Waals surface area contributed by atoms with Crippen LogP contribution in [0, 0.1) is 5.92 Å². The van der Waals surface area contributed by atoms with Crippen LogP contribution in [0.25, 0.3) is 0 Å². The van der Waals surface area contributed by atoms with Crippen molar-refractivity contribution in [2.75, 3.05) is 13.2 Å². The van der Waals surface area contributed by atoms with Gasteiger partial charge in [0.2, 0.25) is 11.3 Å². The molecule has 1 atom stereocenters. The number of rotatable bonds is 5. The fourth-order valence-electron chi connectivity index (χ4n) is 1.37. The smallest absolute Gasteiger partial charge is 0.251 e. The molecule has 0 heterocycles. The van der Waals surface area contributed by atoms with E-state index in [2.05, 4.69) is 53.1 Å². The summed E-state index contributed by atoms with van der Waals surface area (Å²) >= 11 is 8.92. The maximum absolute atomic E-state index is 12.2. The highest BCUT2D eigenvalue weighted by Gasteiger charge is 2.37. The molecule has 0 spiro atoms. The number of hydrogen-bond acceptors (Lipinski definition) is 4. The zero-order valence-corrected chi connectivity index (χ0v) is 16.6. The quantitative estimate of drug-likeness (QED) is 0.600. The zero-order valence-electron chi connectivity index (χ0n) is 11.0. The van der Waals surface area contributed by atoms with Crippen LogP contribution in [0.3, 0.4) is 0 Å². The molecule has 0 bridgehead atoms. The van der Waals surface area contributed by atoms with Gasteiger partial charge in [0.15, 0.2) is 0 Å². The van der Waals surface area contributed by atoms with Crippen molar-refractivity contribution in [3.63, 3.8) is 0 Å². The van der Waals surface area contributed by atoms with Crippen molar-refractivity contribution in [1.82, 2.24) is 5.32 Å². The first-order valence-corrected chi connectivity index (χ1v) is 9.76. The molecule has 21 heavy (non-hydrogen) atoms. The third-order valence-electron chi connectivity index (χ3n) is 2.63. The summed E-state index contributed by atoms with van der Waals surface area (Å²) in [7, 11) is -3.74. The van der Waals surface area contributed by atoms with Gasteiger partial charge >= 0.3 is 0 Å². The van der Waals surface area contributed by atoms with Gasteiger partial charge in [-0.3, -0.25) is 4.79 Å². The van der Waals surface area contributed by atoms with E-state index in [1.165, 1.54) is 24.3 Å². The number of carbonyl (C=O) groups is 1.